The monoisotopic (exact) mass is 400 g/mol. The second-order valence-corrected chi connectivity index (χ2v) is 9.81. The van der Waals surface area contributed by atoms with Crippen LogP contribution in [0.1, 0.15) is 42.9 Å². The molecule has 2 unspecified atom stereocenters. The Morgan fingerprint density at radius 3 is 2.43 bits per heavy atom. The summed E-state index contributed by atoms with van der Waals surface area (Å²) in [6, 6.07) is 11.2. The summed E-state index contributed by atoms with van der Waals surface area (Å²) in [7, 11) is -3.50. The van der Waals surface area contributed by atoms with Gasteiger partial charge in [-0.1, -0.05) is 36.4 Å². The van der Waals surface area contributed by atoms with E-state index in [2.05, 4.69) is 4.98 Å². The Bertz CT molecular complexity index is 1000. The van der Waals surface area contributed by atoms with Gasteiger partial charge in [0.2, 0.25) is 0 Å². The lowest BCUT2D eigenvalue weighted by Gasteiger charge is -2.38. The molecule has 3 rings (SSSR count). The second-order valence-electron chi connectivity index (χ2n) is 7.39. The molecule has 0 aliphatic carbocycles. The fourth-order valence-corrected chi connectivity index (χ4v) is 4.42. The highest BCUT2D eigenvalue weighted by Gasteiger charge is 2.44. The van der Waals surface area contributed by atoms with Crippen molar-refractivity contribution in [1.29, 1.82) is 0 Å². The topological polar surface area (TPSA) is 87.6 Å². The molecular weight excluding hydrogens is 376 g/mol. The maximum Gasteiger partial charge on any atom is 0.168 e. The van der Waals surface area contributed by atoms with Crippen LogP contribution in [0.15, 0.2) is 54.9 Å². The van der Waals surface area contributed by atoms with E-state index in [1.54, 1.807) is 25.4 Å². The first kappa shape index (κ1) is 20.4. The lowest BCUT2D eigenvalue weighted by molar-refractivity contribution is -0.129. The van der Waals surface area contributed by atoms with Gasteiger partial charge in [0, 0.05) is 31.6 Å². The first-order valence-corrected chi connectivity index (χ1v) is 10.9. The fourth-order valence-electron chi connectivity index (χ4n) is 3.55. The largest absolute Gasteiger partial charge is 0.312 e. The Balaban J connectivity index is 1.92. The molecule has 1 aromatic heterocycles. The zero-order chi connectivity index (χ0) is 20.5. The number of carbonyl (C=O) groups is 1. The van der Waals surface area contributed by atoms with Gasteiger partial charge in [0.15, 0.2) is 9.84 Å². The van der Waals surface area contributed by atoms with Crippen LogP contribution in [0.5, 0.6) is 0 Å². The normalized spacial score (nSPS) is 21.8. The second kappa shape index (κ2) is 7.58. The molecule has 1 aliphatic heterocycles. The van der Waals surface area contributed by atoms with Crippen LogP contribution in [-0.2, 0) is 14.6 Å². The molecule has 1 aliphatic rings. The number of hydrogen-bond acceptors (Lipinski definition) is 6. The fraction of sp³-hybridized carbons (Fsp3) is 0.333. The van der Waals surface area contributed by atoms with E-state index in [0.717, 1.165) is 33.6 Å². The molecule has 0 radical (unpaired) electrons. The van der Waals surface area contributed by atoms with Crippen LogP contribution in [0, 0.1) is 0 Å². The average Bonchev–Trinajstić information content (AvgIpc) is 2.64. The summed E-state index contributed by atoms with van der Waals surface area (Å²) in [5.41, 5.74) is 3.42. The predicted molar refractivity (Wildman–Crippen MR) is 108 cm³/mol. The van der Waals surface area contributed by atoms with Gasteiger partial charge in [0.1, 0.15) is 10.7 Å². The van der Waals surface area contributed by atoms with Crippen LogP contribution in [0.2, 0.25) is 0 Å². The number of pyridine rings is 1. The van der Waals surface area contributed by atoms with E-state index >= 15 is 0 Å². The van der Waals surface area contributed by atoms with Gasteiger partial charge >= 0.3 is 0 Å². The standard InChI is InChI=1S/C21H24N2O4S/c1-15(24)20(19-5-4-11-22-14-19)17-8-6-16(7-9-17)18-10-12-23(25)21(2,13-18)28(3,26)27/h4-11,14,20,25H,12-13H2,1-3H3. The van der Waals surface area contributed by atoms with Gasteiger partial charge in [-0.15, -0.1) is 0 Å². The molecule has 7 heteroatoms. The molecule has 0 saturated carbocycles. The molecule has 148 valence electrons. The number of carbonyl (C=O) groups excluding carboxylic acids is 1. The first-order chi connectivity index (χ1) is 13.1. The van der Waals surface area contributed by atoms with E-state index in [9.17, 15) is 18.4 Å². The minimum Gasteiger partial charge on any atom is -0.312 e. The third-order valence-electron chi connectivity index (χ3n) is 5.41. The maximum absolute atomic E-state index is 12.2. The quantitative estimate of drug-likeness (QED) is 0.830. The van der Waals surface area contributed by atoms with Gasteiger partial charge < -0.3 is 5.21 Å². The van der Waals surface area contributed by atoms with Crippen molar-refractivity contribution in [3.05, 3.63) is 71.6 Å². The third kappa shape index (κ3) is 3.78. The predicted octanol–water partition coefficient (Wildman–Crippen LogP) is 3.04. The zero-order valence-corrected chi connectivity index (χ0v) is 17.0. The minimum absolute atomic E-state index is 0.0261. The Morgan fingerprint density at radius 2 is 1.89 bits per heavy atom. The van der Waals surface area contributed by atoms with Crippen molar-refractivity contribution >= 4 is 21.2 Å². The lowest BCUT2D eigenvalue weighted by atomic mass is 9.87. The molecule has 1 aromatic carbocycles. The van der Waals surface area contributed by atoms with E-state index in [1.165, 1.54) is 6.92 Å². The SMILES string of the molecule is CC(=O)C(c1ccc(C2=CCN(O)C(C)(S(C)(=O)=O)C2)cc1)c1cccnc1. The van der Waals surface area contributed by atoms with E-state index in [-0.39, 0.29) is 18.7 Å². The van der Waals surface area contributed by atoms with E-state index in [0.29, 0.717) is 0 Å². The van der Waals surface area contributed by atoms with Gasteiger partial charge in [-0.05, 0) is 42.2 Å². The number of ketones is 1. The number of benzene rings is 1. The summed E-state index contributed by atoms with van der Waals surface area (Å²) in [5.74, 6) is -0.365. The Labute approximate surface area is 165 Å². The molecule has 1 N–H and O–H groups in total. The number of hydroxylamine groups is 2. The highest BCUT2D eigenvalue weighted by molar-refractivity contribution is 7.92. The van der Waals surface area contributed by atoms with E-state index in [4.69, 9.17) is 0 Å². The van der Waals surface area contributed by atoms with Crippen molar-refractivity contribution in [1.82, 2.24) is 10.0 Å². The zero-order valence-electron chi connectivity index (χ0n) is 16.2. The van der Waals surface area contributed by atoms with Crippen molar-refractivity contribution in [3.8, 4) is 0 Å². The smallest absolute Gasteiger partial charge is 0.168 e. The van der Waals surface area contributed by atoms with E-state index in [1.807, 2.05) is 36.4 Å². The van der Waals surface area contributed by atoms with Crippen molar-refractivity contribution in [3.63, 3.8) is 0 Å². The highest BCUT2D eigenvalue weighted by Crippen LogP contribution is 2.36. The van der Waals surface area contributed by atoms with Crippen LogP contribution in [0.4, 0.5) is 0 Å². The molecule has 2 aromatic rings. The Hall–Kier alpha value is -2.35. The summed E-state index contributed by atoms with van der Waals surface area (Å²) in [5, 5.41) is 11.0. The number of nitrogens with zero attached hydrogens (tertiary/aromatic N) is 2. The van der Waals surface area contributed by atoms with E-state index < -0.39 is 20.6 Å². The Morgan fingerprint density at radius 1 is 1.21 bits per heavy atom. The lowest BCUT2D eigenvalue weighted by Crippen LogP contribution is -2.52. The molecule has 6 nitrogen and oxygen atoms in total. The van der Waals surface area contributed by atoms with Gasteiger partial charge in [0.25, 0.3) is 0 Å². The van der Waals surface area contributed by atoms with Gasteiger partial charge in [-0.3, -0.25) is 9.78 Å². The first-order valence-electron chi connectivity index (χ1n) is 8.99. The number of hydrogen-bond donors (Lipinski definition) is 1. The molecule has 0 fully saturated rings. The van der Waals surface area contributed by atoms with Crippen molar-refractivity contribution in [2.45, 2.75) is 31.1 Å². The number of aromatic nitrogens is 1. The van der Waals surface area contributed by atoms with Gasteiger partial charge in [0.05, 0.1) is 5.92 Å². The van der Waals surface area contributed by atoms with Gasteiger partial charge in [-0.25, -0.2) is 8.42 Å². The summed E-state index contributed by atoms with van der Waals surface area (Å²) < 4.78 is 24.4. The van der Waals surface area contributed by atoms with Crippen LogP contribution in [0.3, 0.4) is 0 Å². The highest BCUT2D eigenvalue weighted by atomic mass is 32.2. The summed E-state index contributed by atoms with van der Waals surface area (Å²) in [6.45, 7) is 3.22. The number of Topliss-reactive ketones (excluding diaryl/α,β-unsaturated/α-hetero) is 1. The molecule has 0 amide bonds. The van der Waals surface area contributed by atoms with Crippen LogP contribution in [-0.4, -0.2) is 47.1 Å². The van der Waals surface area contributed by atoms with Crippen LogP contribution >= 0.6 is 0 Å². The third-order valence-corrected chi connectivity index (χ3v) is 7.37. The summed E-state index contributed by atoms with van der Waals surface area (Å²) in [4.78, 5) is 15.0. The molecule has 0 saturated heterocycles. The molecule has 28 heavy (non-hydrogen) atoms. The Kier molecular flexibility index (Phi) is 5.52. The van der Waals surface area contributed by atoms with Gasteiger partial charge in [-0.2, -0.15) is 5.06 Å². The molecular formula is C21H24N2O4S. The molecule has 0 spiro atoms. The van der Waals surface area contributed by atoms with Crippen LogP contribution in [0.25, 0.3) is 5.57 Å². The van der Waals surface area contributed by atoms with Crippen molar-refractivity contribution in [2.24, 2.45) is 0 Å². The van der Waals surface area contributed by atoms with Crippen molar-refractivity contribution < 1.29 is 18.4 Å². The summed E-state index contributed by atoms with van der Waals surface area (Å²) >= 11 is 0. The average molecular weight is 401 g/mol. The maximum atomic E-state index is 12.2. The molecule has 2 atom stereocenters. The van der Waals surface area contributed by atoms with Crippen LogP contribution < -0.4 is 0 Å². The summed E-state index contributed by atoms with van der Waals surface area (Å²) in [6.07, 6.45) is 6.50. The number of rotatable bonds is 5. The molecule has 2 heterocycles. The minimum atomic E-state index is -3.50. The molecule has 0 bridgehead atoms. The van der Waals surface area contributed by atoms with Crippen molar-refractivity contribution in [2.75, 3.05) is 12.8 Å². The number of sulfone groups is 1.